The number of ether oxygens (including phenoxy) is 1. The Morgan fingerprint density at radius 2 is 2.11 bits per heavy atom. The van der Waals surface area contributed by atoms with E-state index in [1.165, 1.54) is 12.3 Å². The first-order valence-electron chi connectivity index (χ1n) is 5.29. The molecule has 0 saturated carbocycles. The molecular formula is C11H14F4N2O. The Morgan fingerprint density at radius 3 is 2.67 bits per heavy atom. The summed E-state index contributed by atoms with van der Waals surface area (Å²) in [6, 6.07) is 3.09. The first-order chi connectivity index (χ1) is 8.36. The third-order valence-electron chi connectivity index (χ3n) is 2.42. The highest BCUT2D eigenvalue weighted by Gasteiger charge is 2.41. The second-order valence-electron chi connectivity index (χ2n) is 3.79. The minimum Gasteiger partial charge on any atom is -0.471 e. The lowest BCUT2D eigenvalue weighted by atomic mass is 10.1. The lowest BCUT2D eigenvalue weighted by Crippen LogP contribution is -2.33. The Labute approximate surface area is 102 Å². The van der Waals surface area contributed by atoms with Gasteiger partial charge in [0.15, 0.2) is 6.61 Å². The normalized spacial score (nSPS) is 13.7. The van der Waals surface area contributed by atoms with Gasteiger partial charge in [-0.1, -0.05) is 0 Å². The van der Waals surface area contributed by atoms with Gasteiger partial charge in [-0.05, 0) is 25.6 Å². The molecule has 3 nitrogen and oxygen atoms in total. The molecule has 1 rings (SSSR count). The molecule has 0 saturated heterocycles. The smallest absolute Gasteiger partial charge is 0.340 e. The number of nitrogens with one attached hydrogen (secondary N) is 1. The summed E-state index contributed by atoms with van der Waals surface area (Å²) < 4.78 is 53.7. The van der Waals surface area contributed by atoms with Crippen LogP contribution in [0.4, 0.5) is 17.6 Å². The molecule has 0 amide bonds. The maximum atomic E-state index is 12.6. The molecule has 1 unspecified atom stereocenters. The van der Waals surface area contributed by atoms with E-state index in [2.05, 4.69) is 15.0 Å². The maximum Gasteiger partial charge on any atom is 0.340 e. The molecule has 102 valence electrons. The molecule has 0 aliphatic heterocycles. The van der Waals surface area contributed by atoms with E-state index < -0.39 is 19.0 Å². The third-order valence-corrected chi connectivity index (χ3v) is 2.42. The molecular weight excluding hydrogens is 252 g/mol. The highest BCUT2D eigenvalue weighted by molar-refractivity contribution is 5.23. The Hall–Kier alpha value is -1.37. The van der Waals surface area contributed by atoms with Crippen LogP contribution in [0.1, 0.15) is 18.5 Å². The van der Waals surface area contributed by atoms with Crippen LogP contribution in [0.15, 0.2) is 18.3 Å². The Morgan fingerprint density at radius 1 is 1.44 bits per heavy atom. The molecule has 1 atom stereocenters. The van der Waals surface area contributed by atoms with Gasteiger partial charge in [-0.2, -0.15) is 8.78 Å². The summed E-state index contributed by atoms with van der Waals surface area (Å²) in [5.41, 5.74) is 0.767. The highest BCUT2D eigenvalue weighted by Crippen LogP contribution is 2.24. The molecule has 18 heavy (non-hydrogen) atoms. The van der Waals surface area contributed by atoms with Crippen molar-refractivity contribution >= 4 is 0 Å². The predicted molar refractivity (Wildman–Crippen MR) is 58.2 cm³/mol. The van der Waals surface area contributed by atoms with Crippen LogP contribution in [0.2, 0.25) is 0 Å². The van der Waals surface area contributed by atoms with Crippen LogP contribution >= 0.6 is 0 Å². The van der Waals surface area contributed by atoms with Gasteiger partial charge >= 0.3 is 12.3 Å². The summed E-state index contributed by atoms with van der Waals surface area (Å²) in [7, 11) is 1.73. The van der Waals surface area contributed by atoms with Crippen molar-refractivity contribution in [2.24, 2.45) is 0 Å². The van der Waals surface area contributed by atoms with Crippen molar-refractivity contribution in [3.63, 3.8) is 0 Å². The average molecular weight is 266 g/mol. The summed E-state index contributed by atoms with van der Waals surface area (Å²) in [6.45, 7) is 0.460. The predicted octanol–water partition coefficient (Wildman–Crippen LogP) is 2.64. The molecule has 1 N–H and O–H groups in total. The van der Waals surface area contributed by atoms with Gasteiger partial charge in [-0.25, -0.2) is 13.8 Å². The maximum absolute atomic E-state index is 12.6. The Balaban J connectivity index is 2.68. The molecule has 1 aromatic rings. The van der Waals surface area contributed by atoms with Crippen LogP contribution in [0.5, 0.6) is 5.88 Å². The monoisotopic (exact) mass is 266 g/mol. The van der Waals surface area contributed by atoms with E-state index in [-0.39, 0.29) is 11.9 Å². The molecule has 0 radical (unpaired) electrons. The zero-order chi connectivity index (χ0) is 13.8. The number of hydrogen-bond donors (Lipinski definition) is 1. The zero-order valence-corrected chi connectivity index (χ0v) is 9.96. The SMILES string of the molecule is CNC(C)c1ccnc(OCC(F)(F)C(F)F)c1. The summed E-state index contributed by atoms with van der Waals surface area (Å²) in [5.74, 6) is -4.28. The van der Waals surface area contributed by atoms with Crippen molar-refractivity contribution in [2.45, 2.75) is 25.3 Å². The van der Waals surface area contributed by atoms with Gasteiger partial charge in [-0.15, -0.1) is 0 Å². The van der Waals surface area contributed by atoms with E-state index in [0.29, 0.717) is 0 Å². The van der Waals surface area contributed by atoms with Crippen LogP contribution in [-0.2, 0) is 0 Å². The van der Waals surface area contributed by atoms with Crippen LogP contribution in [-0.4, -0.2) is 31.0 Å². The minimum absolute atomic E-state index is 0.0223. The van der Waals surface area contributed by atoms with Gasteiger partial charge in [0.1, 0.15) is 0 Å². The van der Waals surface area contributed by atoms with Crippen LogP contribution < -0.4 is 10.1 Å². The van der Waals surface area contributed by atoms with Crippen molar-refractivity contribution in [3.8, 4) is 5.88 Å². The number of hydrogen-bond acceptors (Lipinski definition) is 3. The lowest BCUT2D eigenvalue weighted by Gasteiger charge is -2.16. The van der Waals surface area contributed by atoms with Crippen LogP contribution in [0, 0.1) is 0 Å². The van der Waals surface area contributed by atoms with E-state index in [9.17, 15) is 17.6 Å². The van der Waals surface area contributed by atoms with Crippen LogP contribution in [0.3, 0.4) is 0 Å². The molecule has 1 heterocycles. The Kier molecular flexibility index (Phi) is 4.89. The third kappa shape index (κ3) is 3.83. The fourth-order valence-electron chi connectivity index (χ4n) is 1.17. The first kappa shape index (κ1) is 14.7. The average Bonchev–Trinajstić information content (AvgIpc) is 2.35. The number of pyridine rings is 1. The van der Waals surface area contributed by atoms with Crippen molar-refractivity contribution < 1.29 is 22.3 Å². The highest BCUT2D eigenvalue weighted by atomic mass is 19.3. The molecule has 1 aromatic heterocycles. The second kappa shape index (κ2) is 5.99. The summed E-state index contributed by atoms with van der Waals surface area (Å²) in [4.78, 5) is 3.69. The van der Waals surface area contributed by atoms with Gasteiger partial charge in [0, 0.05) is 18.3 Å². The van der Waals surface area contributed by atoms with E-state index in [4.69, 9.17) is 0 Å². The van der Waals surface area contributed by atoms with Gasteiger partial charge in [0.25, 0.3) is 0 Å². The van der Waals surface area contributed by atoms with E-state index in [0.717, 1.165) is 5.56 Å². The largest absolute Gasteiger partial charge is 0.471 e. The fraction of sp³-hybridized carbons (Fsp3) is 0.545. The summed E-state index contributed by atoms with van der Waals surface area (Å²) in [6.07, 6.45) is -2.38. The van der Waals surface area contributed by atoms with Gasteiger partial charge in [0.05, 0.1) is 0 Å². The molecule has 0 bridgehead atoms. The Bertz CT molecular complexity index is 387. The number of nitrogens with zero attached hydrogens (tertiary/aromatic N) is 1. The second-order valence-corrected chi connectivity index (χ2v) is 3.79. The minimum atomic E-state index is -4.17. The van der Waals surface area contributed by atoms with Crippen molar-refractivity contribution in [3.05, 3.63) is 23.9 Å². The quantitative estimate of drug-likeness (QED) is 0.804. The molecule has 0 aliphatic carbocycles. The lowest BCUT2D eigenvalue weighted by molar-refractivity contribution is -0.148. The molecule has 0 aliphatic rings. The van der Waals surface area contributed by atoms with E-state index in [1.807, 2.05) is 6.92 Å². The topological polar surface area (TPSA) is 34.2 Å². The fourth-order valence-corrected chi connectivity index (χ4v) is 1.17. The van der Waals surface area contributed by atoms with Crippen molar-refractivity contribution in [1.82, 2.24) is 10.3 Å². The first-order valence-corrected chi connectivity index (χ1v) is 5.29. The number of halogens is 4. The number of aromatic nitrogens is 1. The van der Waals surface area contributed by atoms with Gasteiger partial charge in [-0.3, -0.25) is 0 Å². The van der Waals surface area contributed by atoms with E-state index in [1.54, 1.807) is 13.1 Å². The van der Waals surface area contributed by atoms with Crippen LogP contribution in [0.25, 0.3) is 0 Å². The zero-order valence-electron chi connectivity index (χ0n) is 9.96. The molecule has 0 spiro atoms. The summed E-state index contributed by atoms with van der Waals surface area (Å²) in [5, 5.41) is 2.95. The summed E-state index contributed by atoms with van der Waals surface area (Å²) >= 11 is 0. The van der Waals surface area contributed by atoms with Gasteiger partial charge < -0.3 is 10.1 Å². The van der Waals surface area contributed by atoms with Gasteiger partial charge in [0.2, 0.25) is 5.88 Å². The molecule has 7 heteroatoms. The standard InChI is InChI=1S/C11H14F4N2O/c1-7(16-2)8-3-4-17-9(5-8)18-6-11(14,15)10(12)13/h3-5,7,10,16H,6H2,1-2H3. The number of alkyl halides is 4. The van der Waals surface area contributed by atoms with E-state index >= 15 is 0 Å². The molecule has 0 fully saturated rings. The number of rotatable bonds is 6. The molecule has 0 aromatic carbocycles. The van der Waals surface area contributed by atoms with Crippen molar-refractivity contribution in [2.75, 3.05) is 13.7 Å². The van der Waals surface area contributed by atoms with Crippen molar-refractivity contribution in [1.29, 1.82) is 0 Å².